The van der Waals surface area contributed by atoms with Crippen LogP contribution in [-0.4, -0.2) is 55.5 Å². The maximum atomic E-state index is 5.72. The lowest BCUT2D eigenvalue weighted by atomic mass is 10.0. The number of alkyl halides is 1. The maximum absolute atomic E-state index is 5.72. The van der Waals surface area contributed by atoms with E-state index in [0.29, 0.717) is 0 Å². The monoisotopic (exact) mass is 218 g/mol. The normalized spacial score (nSPS) is 22.5. The lowest BCUT2D eigenvalue weighted by Gasteiger charge is -2.32. The van der Waals surface area contributed by atoms with E-state index in [1.807, 2.05) is 0 Å². The molecule has 0 aromatic rings. The van der Waals surface area contributed by atoms with Crippen LogP contribution >= 0.6 is 11.6 Å². The molecule has 1 saturated heterocycles. The Labute approximate surface area is 93.2 Å². The van der Waals surface area contributed by atoms with Gasteiger partial charge in [0.15, 0.2) is 0 Å². The summed E-state index contributed by atoms with van der Waals surface area (Å²) in [6, 6.07) is 0. The largest absolute Gasteiger partial charge is 0.304 e. The van der Waals surface area contributed by atoms with Crippen molar-refractivity contribution in [1.82, 2.24) is 9.80 Å². The summed E-state index contributed by atoms with van der Waals surface area (Å²) in [6.07, 6.45) is 2.46. The molecule has 0 N–H and O–H groups in total. The molecule has 84 valence electrons. The minimum Gasteiger partial charge on any atom is -0.304 e. The first-order valence-electron chi connectivity index (χ1n) is 5.69. The zero-order chi connectivity index (χ0) is 10.4. The smallest absolute Gasteiger partial charge is 0.0225 e. The van der Waals surface area contributed by atoms with Gasteiger partial charge in [0.05, 0.1) is 0 Å². The van der Waals surface area contributed by atoms with Crippen molar-refractivity contribution in [3.63, 3.8) is 0 Å². The number of rotatable bonds is 5. The molecule has 0 spiro atoms. The van der Waals surface area contributed by atoms with E-state index in [1.165, 1.54) is 39.1 Å². The summed E-state index contributed by atoms with van der Waals surface area (Å²) >= 11 is 5.72. The maximum Gasteiger partial charge on any atom is 0.0225 e. The summed E-state index contributed by atoms with van der Waals surface area (Å²) < 4.78 is 0. The van der Waals surface area contributed by atoms with E-state index in [9.17, 15) is 0 Å². The number of piperazine rings is 1. The van der Waals surface area contributed by atoms with Crippen molar-refractivity contribution < 1.29 is 0 Å². The SMILES string of the molecule is CC(CCCl)CCN1CCN(C)CC1. The summed E-state index contributed by atoms with van der Waals surface area (Å²) in [6.45, 7) is 8.49. The third-order valence-corrected chi connectivity index (χ3v) is 3.35. The first kappa shape index (κ1) is 12.3. The summed E-state index contributed by atoms with van der Waals surface area (Å²) in [4.78, 5) is 4.98. The third kappa shape index (κ3) is 4.63. The molecule has 2 nitrogen and oxygen atoms in total. The van der Waals surface area contributed by atoms with Crippen LogP contribution in [0.25, 0.3) is 0 Å². The van der Waals surface area contributed by atoms with Gasteiger partial charge < -0.3 is 9.80 Å². The van der Waals surface area contributed by atoms with Crippen molar-refractivity contribution in [3.05, 3.63) is 0 Å². The van der Waals surface area contributed by atoms with Crippen LogP contribution in [0.3, 0.4) is 0 Å². The Morgan fingerprint density at radius 2 is 1.79 bits per heavy atom. The molecule has 0 radical (unpaired) electrons. The first-order valence-corrected chi connectivity index (χ1v) is 6.22. The second kappa shape index (κ2) is 6.65. The second-order valence-corrected chi connectivity index (χ2v) is 4.89. The Balaban J connectivity index is 2.06. The number of halogens is 1. The van der Waals surface area contributed by atoms with Crippen molar-refractivity contribution in [1.29, 1.82) is 0 Å². The quantitative estimate of drug-likeness (QED) is 0.651. The Morgan fingerprint density at radius 3 is 2.36 bits per heavy atom. The summed E-state index contributed by atoms with van der Waals surface area (Å²) in [5.74, 6) is 1.59. The molecule has 1 fully saturated rings. The number of likely N-dealkylation sites (N-methyl/N-ethyl adjacent to an activating group) is 1. The molecule has 0 aliphatic carbocycles. The van der Waals surface area contributed by atoms with Crippen molar-refractivity contribution in [3.8, 4) is 0 Å². The summed E-state index contributed by atoms with van der Waals surface area (Å²) in [5.41, 5.74) is 0. The van der Waals surface area contributed by atoms with Crippen LogP contribution in [0.15, 0.2) is 0 Å². The van der Waals surface area contributed by atoms with Gasteiger partial charge in [-0.15, -0.1) is 11.6 Å². The van der Waals surface area contributed by atoms with Crippen LogP contribution < -0.4 is 0 Å². The molecule has 0 aromatic heterocycles. The van der Waals surface area contributed by atoms with E-state index < -0.39 is 0 Å². The van der Waals surface area contributed by atoms with E-state index in [-0.39, 0.29) is 0 Å². The summed E-state index contributed by atoms with van der Waals surface area (Å²) in [5, 5.41) is 0. The van der Waals surface area contributed by atoms with Crippen molar-refractivity contribution in [2.45, 2.75) is 19.8 Å². The molecule has 1 heterocycles. The highest BCUT2D eigenvalue weighted by Crippen LogP contribution is 2.10. The Kier molecular flexibility index (Phi) is 5.83. The van der Waals surface area contributed by atoms with E-state index in [4.69, 9.17) is 11.6 Å². The molecule has 0 bridgehead atoms. The Bertz CT molecular complexity index is 144. The average molecular weight is 219 g/mol. The topological polar surface area (TPSA) is 6.48 Å². The van der Waals surface area contributed by atoms with Crippen LogP contribution in [0.4, 0.5) is 0 Å². The van der Waals surface area contributed by atoms with Crippen molar-refractivity contribution >= 4 is 11.6 Å². The molecule has 1 atom stereocenters. The first-order chi connectivity index (χ1) is 6.72. The lowest BCUT2D eigenvalue weighted by Crippen LogP contribution is -2.44. The highest BCUT2D eigenvalue weighted by atomic mass is 35.5. The van der Waals surface area contributed by atoms with Crippen molar-refractivity contribution in [2.24, 2.45) is 5.92 Å². The predicted molar refractivity (Wildman–Crippen MR) is 63.1 cm³/mol. The standard InChI is InChI=1S/C11H23ClN2/c1-11(3-5-12)4-6-14-9-7-13(2)8-10-14/h11H,3-10H2,1-2H3. The van der Waals surface area contributed by atoms with E-state index >= 15 is 0 Å². The minimum absolute atomic E-state index is 0.784. The molecular formula is C11H23ClN2. The number of hydrogen-bond donors (Lipinski definition) is 0. The molecule has 0 aromatic carbocycles. The van der Waals surface area contributed by atoms with Gasteiger partial charge in [-0.1, -0.05) is 6.92 Å². The molecular weight excluding hydrogens is 196 g/mol. The summed E-state index contributed by atoms with van der Waals surface area (Å²) in [7, 11) is 2.20. The molecule has 0 saturated carbocycles. The van der Waals surface area contributed by atoms with E-state index in [0.717, 1.165) is 18.2 Å². The van der Waals surface area contributed by atoms with Gasteiger partial charge >= 0.3 is 0 Å². The molecule has 0 amide bonds. The van der Waals surface area contributed by atoms with E-state index in [1.54, 1.807) is 0 Å². The van der Waals surface area contributed by atoms with Crippen molar-refractivity contribution in [2.75, 3.05) is 45.7 Å². The lowest BCUT2D eigenvalue weighted by molar-refractivity contribution is 0.147. The number of nitrogens with zero attached hydrogens (tertiary/aromatic N) is 2. The highest BCUT2D eigenvalue weighted by Gasteiger charge is 2.13. The molecule has 1 unspecified atom stereocenters. The van der Waals surface area contributed by atoms with Crippen LogP contribution in [0.2, 0.25) is 0 Å². The van der Waals surface area contributed by atoms with Gasteiger partial charge in [0.1, 0.15) is 0 Å². The molecule has 1 rings (SSSR count). The third-order valence-electron chi connectivity index (χ3n) is 3.14. The van der Waals surface area contributed by atoms with Gasteiger partial charge in [0.25, 0.3) is 0 Å². The van der Waals surface area contributed by atoms with Crippen LogP contribution in [0, 0.1) is 5.92 Å². The van der Waals surface area contributed by atoms with Gasteiger partial charge in [-0.05, 0) is 32.4 Å². The Hall–Kier alpha value is 0.210. The predicted octanol–water partition coefficient (Wildman–Crippen LogP) is 1.89. The fourth-order valence-electron chi connectivity index (χ4n) is 1.81. The van der Waals surface area contributed by atoms with Crippen LogP contribution in [0.1, 0.15) is 19.8 Å². The fraction of sp³-hybridized carbons (Fsp3) is 1.00. The Morgan fingerprint density at radius 1 is 1.14 bits per heavy atom. The van der Waals surface area contributed by atoms with Gasteiger partial charge in [0, 0.05) is 32.1 Å². The minimum atomic E-state index is 0.784. The highest BCUT2D eigenvalue weighted by molar-refractivity contribution is 6.17. The zero-order valence-electron chi connectivity index (χ0n) is 9.51. The molecule has 3 heteroatoms. The molecule has 14 heavy (non-hydrogen) atoms. The van der Waals surface area contributed by atoms with Crippen LogP contribution in [0.5, 0.6) is 0 Å². The second-order valence-electron chi connectivity index (χ2n) is 4.52. The van der Waals surface area contributed by atoms with Gasteiger partial charge in [0.2, 0.25) is 0 Å². The zero-order valence-corrected chi connectivity index (χ0v) is 10.3. The van der Waals surface area contributed by atoms with Gasteiger partial charge in [-0.2, -0.15) is 0 Å². The molecule has 1 aliphatic rings. The van der Waals surface area contributed by atoms with Gasteiger partial charge in [-0.3, -0.25) is 0 Å². The van der Waals surface area contributed by atoms with Crippen LogP contribution in [-0.2, 0) is 0 Å². The van der Waals surface area contributed by atoms with E-state index in [2.05, 4.69) is 23.8 Å². The average Bonchev–Trinajstić information content (AvgIpc) is 2.17. The fourth-order valence-corrected chi connectivity index (χ4v) is 2.18. The van der Waals surface area contributed by atoms with Gasteiger partial charge in [-0.25, -0.2) is 0 Å². The number of hydrogen-bond acceptors (Lipinski definition) is 2. The molecule has 1 aliphatic heterocycles.